The van der Waals surface area contributed by atoms with Gasteiger partial charge < -0.3 is 16.6 Å². The van der Waals surface area contributed by atoms with Crippen LogP contribution < -0.4 is 11.5 Å². The molecular formula is C4H8MgN2O3. The van der Waals surface area contributed by atoms with Crippen molar-refractivity contribution in [1.29, 1.82) is 0 Å². The van der Waals surface area contributed by atoms with Crippen LogP contribution in [-0.2, 0) is 9.59 Å². The highest BCUT2D eigenvalue weighted by Crippen LogP contribution is 1.84. The van der Waals surface area contributed by atoms with E-state index >= 15 is 0 Å². The molecule has 0 fully saturated rings. The molecule has 0 heterocycles. The van der Waals surface area contributed by atoms with E-state index in [4.69, 9.17) is 10.8 Å². The van der Waals surface area contributed by atoms with Crippen LogP contribution in [0.1, 0.15) is 6.42 Å². The van der Waals surface area contributed by atoms with E-state index in [0.29, 0.717) is 0 Å². The van der Waals surface area contributed by atoms with Crippen molar-refractivity contribution >= 4 is 34.9 Å². The van der Waals surface area contributed by atoms with E-state index < -0.39 is 17.9 Å². The topological polar surface area (TPSA) is 106 Å². The molecule has 2 radical (unpaired) electrons. The van der Waals surface area contributed by atoms with Crippen LogP contribution in [0.25, 0.3) is 0 Å². The third kappa shape index (κ3) is 5.80. The molecule has 0 aromatic carbocycles. The summed E-state index contributed by atoms with van der Waals surface area (Å²) >= 11 is 0. The summed E-state index contributed by atoms with van der Waals surface area (Å²) in [6.07, 6.45) is -0.310. The maximum absolute atomic E-state index is 9.99. The summed E-state index contributed by atoms with van der Waals surface area (Å²) in [7, 11) is 0. The lowest BCUT2D eigenvalue weighted by molar-refractivity contribution is -0.140. The van der Waals surface area contributed by atoms with E-state index in [1.807, 2.05) is 0 Å². The number of hydrogen-bond donors (Lipinski definition) is 3. The van der Waals surface area contributed by atoms with Crippen LogP contribution in [0.4, 0.5) is 0 Å². The molecule has 0 saturated carbocycles. The number of nitrogens with two attached hydrogens (primary N) is 2. The number of carboxylic acids is 1. The molecule has 0 aliphatic heterocycles. The van der Waals surface area contributed by atoms with E-state index in [0.717, 1.165) is 0 Å². The molecule has 0 unspecified atom stereocenters. The molecule has 0 aromatic heterocycles. The van der Waals surface area contributed by atoms with Gasteiger partial charge in [-0.15, -0.1) is 0 Å². The molecule has 1 amide bonds. The molecule has 1 atom stereocenters. The van der Waals surface area contributed by atoms with E-state index in [1.54, 1.807) is 0 Å². The summed E-state index contributed by atoms with van der Waals surface area (Å²) in [5, 5.41) is 8.10. The highest BCUT2D eigenvalue weighted by molar-refractivity contribution is 5.83. The Labute approximate surface area is 73.9 Å². The Morgan fingerprint density at radius 1 is 1.50 bits per heavy atom. The first-order valence-corrected chi connectivity index (χ1v) is 2.30. The van der Waals surface area contributed by atoms with Crippen molar-refractivity contribution in [1.82, 2.24) is 0 Å². The highest BCUT2D eigenvalue weighted by atomic mass is 24.3. The van der Waals surface area contributed by atoms with Gasteiger partial charge in [0.25, 0.3) is 0 Å². The predicted molar refractivity (Wildman–Crippen MR) is 35.2 cm³/mol. The Hall–Kier alpha value is -0.334. The molecular weight excluding hydrogens is 148 g/mol. The number of carbonyl (C=O) groups excluding carboxylic acids is 1. The molecule has 5 nitrogen and oxygen atoms in total. The molecule has 0 aromatic rings. The maximum Gasteiger partial charge on any atom is 0.321 e. The normalized spacial score (nSPS) is 11.3. The fraction of sp³-hybridized carbons (Fsp3) is 0.500. The van der Waals surface area contributed by atoms with Gasteiger partial charge >= 0.3 is 5.97 Å². The number of carboxylic acid groups (broad SMARTS) is 1. The predicted octanol–water partition coefficient (Wildman–Crippen LogP) is -2.11. The largest absolute Gasteiger partial charge is 0.480 e. The van der Waals surface area contributed by atoms with Crippen LogP contribution in [0.15, 0.2) is 0 Å². The first-order chi connectivity index (χ1) is 4.04. The third-order valence-electron chi connectivity index (χ3n) is 0.738. The summed E-state index contributed by atoms with van der Waals surface area (Å²) in [4.78, 5) is 19.9. The van der Waals surface area contributed by atoms with Crippen LogP contribution >= 0.6 is 0 Å². The SMILES string of the molecule is NC(=O)C[C@H](N)C(=O)O.[Mg]. The molecule has 6 heteroatoms. The van der Waals surface area contributed by atoms with E-state index in [9.17, 15) is 9.59 Å². The lowest BCUT2D eigenvalue weighted by Gasteiger charge is -1.99. The molecule has 0 aliphatic carbocycles. The van der Waals surface area contributed by atoms with E-state index in [-0.39, 0.29) is 29.5 Å². The second-order valence-electron chi connectivity index (χ2n) is 1.62. The first-order valence-electron chi connectivity index (χ1n) is 2.30. The number of rotatable bonds is 3. The lowest BCUT2D eigenvalue weighted by Crippen LogP contribution is -2.34. The fourth-order valence-electron chi connectivity index (χ4n) is 0.304. The quantitative estimate of drug-likeness (QED) is 0.407. The number of aliphatic carboxylic acids is 1. The van der Waals surface area contributed by atoms with Gasteiger partial charge in [-0.2, -0.15) is 0 Å². The number of amides is 1. The molecule has 0 saturated heterocycles. The van der Waals surface area contributed by atoms with E-state index in [2.05, 4.69) is 5.73 Å². The van der Waals surface area contributed by atoms with Crippen molar-refractivity contribution in [2.24, 2.45) is 11.5 Å². The summed E-state index contributed by atoms with van der Waals surface area (Å²) in [6.45, 7) is 0. The second kappa shape index (κ2) is 5.45. The summed E-state index contributed by atoms with van der Waals surface area (Å²) < 4.78 is 0. The van der Waals surface area contributed by atoms with Gasteiger partial charge in [0.2, 0.25) is 5.91 Å². The van der Waals surface area contributed by atoms with Gasteiger partial charge in [-0.05, 0) is 0 Å². The Morgan fingerprint density at radius 2 is 1.90 bits per heavy atom. The molecule has 0 spiro atoms. The van der Waals surface area contributed by atoms with Gasteiger partial charge in [-0.25, -0.2) is 0 Å². The standard InChI is InChI=1S/C4H8N2O3.Mg/c5-2(4(8)9)1-3(6)7;/h2H,1,5H2,(H2,6,7)(H,8,9);/t2-;/m0./s1. The van der Waals surface area contributed by atoms with Gasteiger partial charge in [-0.3, -0.25) is 9.59 Å². The van der Waals surface area contributed by atoms with E-state index in [1.165, 1.54) is 0 Å². The van der Waals surface area contributed by atoms with Crippen molar-refractivity contribution in [3.63, 3.8) is 0 Å². The van der Waals surface area contributed by atoms with Gasteiger partial charge in [0.05, 0.1) is 6.42 Å². The average Bonchev–Trinajstić information content (AvgIpc) is 1.63. The van der Waals surface area contributed by atoms with Crippen LogP contribution in [-0.4, -0.2) is 46.1 Å². The van der Waals surface area contributed by atoms with Crippen LogP contribution in [0.5, 0.6) is 0 Å². The van der Waals surface area contributed by atoms with Gasteiger partial charge in [0.1, 0.15) is 6.04 Å². The average molecular weight is 156 g/mol. The summed E-state index contributed by atoms with van der Waals surface area (Å²) in [5.41, 5.74) is 9.57. The molecule has 0 aliphatic rings. The van der Waals surface area contributed by atoms with Crippen LogP contribution in [0.3, 0.4) is 0 Å². The molecule has 10 heavy (non-hydrogen) atoms. The maximum atomic E-state index is 9.99. The Kier molecular flexibility index (Phi) is 6.73. The Balaban J connectivity index is 0. The monoisotopic (exact) mass is 156 g/mol. The van der Waals surface area contributed by atoms with Crippen molar-refractivity contribution in [2.75, 3.05) is 0 Å². The summed E-state index contributed by atoms with van der Waals surface area (Å²) in [5.74, 6) is -1.92. The van der Waals surface area contributed by atoms with Crippen LogP contribution in [0, 0.1) is 0 Å². The van der Waals surface area contributed by atoms with Crippen molar-refractivity contribution in [3.8, 4) is 0 Å². The van der Waals surface area contributed by atoms with Gasteiger partial charge in [0, 0.05) is 23.1 Å². The van der Waals surface area contributed by atoms with Gasteiger partial charge in [0.15, 0.2) is 0 Å². The molecule has 5 N–H and O–H groups in total. The smallest absolute Gasteiger partial charge is 0.321 e. The Bertz CT molecular complexity index is 138. The number of hydrogen-bond acceptors (Lipinski definition) is 3. The summed E-state index contributed by atoms with van der Waals surface area (Å²) in [6, 6.07) is -1.16. The fourth-order valence-corrected chi connectivity index (χ4v) is 0.304. The first kappa shape index (κ1) is 12.4. The lowest BCUT2D eigenvalue weighted by atomic mass is 10.2. The number of carbonyl (C=O) groups is 2. The Morgan fingerprint density at radius 3 is 2.00 bits per heavy atom. The van der Waals surface area contributed by atoms with Crippen molar-refractivity contribution < 1.29 is 14.7 Å². The zero-order valence-electron chi connectivity index (χ0n) is 5.41. The minimum atomic E-state index is -1.21. The minimum Gasteiger partial charge on any atom is -0.480 e. The second-order valence-corrected chi connectivity index (χ2v) is 1.62. The molecule has 54 valence electrons. The van der Waals surface area contributed by atoms with Crippen molar-refractivity contribution in [3.05, 3.63) is 0 Å². The zero-order valence-corrected chi connectivity index (χ0v) is 6.82. The zero-order chi connectivity index (χ0) is 7.44. The third-order valence-corrected chi connectivity index (χ3v) is 0.738. The van der Waals surface area contributed by atoms with Crippen LogP contribution in [0.2, 0.25) is 0 Å². The highest BCUT2D eigenvalue weighted by Gasteiger charge is 2.13. The van der Waals surface area contributed by atoms with Gasteiger partial charge in [-0.1, -0.05) is 0 Å². The van der Waals surface area contributed by atoms with Crippen molar-refractivity contribution in [2.45, 2.75) is 12.5 Å². The number of primary amides is 1. The molecule has 0 bridgehead atoms. The molecule has 0 rings (SSSR count). The minimum absolute atomic E-state index is 0.